The predicted octanol–water partition coefficient (Wildman–Crippen LogP) is 0.779. The van der Waals surface area contributed by atoms with Crippen molar-refractivity contribution < 1.29 is 19.5 Å². The number of imide groups is 1. The fourth-order valence-electron chi connectivity index (χ4n) is 3.95. The minimum absolute atomic E-state index is 0.0315. The van der Waals surface area contributed by atoms with Gasteiger partial charge < -0.3 is 5.11 Å². The third-order valence-electron chi connectivity index (χ3n) is 4.64. The van der Waals surface area contributed by atoms with Gasteiger partial charge in [-0.2, -0.15) is 0 Å². The Labute approximate surface area is 98.8 Å². The first-order valence-corrected chi connectivity index (χ1v) is 6.15. The Balaban J connectivity index is 2.04. The molecule has 3 rings (SSSR count). The van der Waals surface area contributed by atoms with Gasteiger partial charge in [-0.3, -0.25) is 14.5 Å². The van der Waals surface area contributed by atoms with Crippen LogP contribution in [0.1, 0.15) is 38.5 Å². The summed E-state index contributed by atoms with van der Waals surface area (Å²) in [6.45, 7) is 0. The molecule has 0 aromatic carbocycles. The van der Waals surface area contributed by atoms with Gasteiger partial charge in [0.2, 0.25) is 11.8 Å². The lowest BCUT2D eigenvalue weighted by molar-refractivity contribution is -0.167. The van der Waals surface area contributed by atoms with Crippen LogP contribution in [0.2, 0.25) is 0 Å². The topological polar surface area (TPSA) is 74.7 Å². The van der Waals surface area contributed by atoms with Gasteiger partial charge in [-0.15, -0.1) is 0 Å². The Hall–Kier alpha value is -1.39. The number of hydrogen-bond donors (Lipinski definition) is 1. The molecular formula is C12H15NO4. The van der Waals surface area contributed by atoms with Crippen LogP contribution in [0, 0.1) is 11.8 Å². The van der Waals surface area contributed by atoms with Gasteiger partial charge in [0.15, 0.2) is 5.54 Å². The maximum absolute atomic E-state index is 11.8. The Bertz CT molecular complexity index is 403. The molecule has 2 aliphatic carbocycles. The smallest absolute Gasteiger partial charge is 0.330 e. The highest BCUT2D eigenvalue weighted by atomic mass is 16.4. The van der Waals surface area contributed by atoms with Crippen LogP contribution in [0.25, 0.3) is 0 Å². The average Bonchev–Trinajstić information content (AvgIpc) is 2.93. The summed E-state index contributed by atoms with van der Waals surface area (Å²) >= 11 is 0. The lowest BCUT2D eigenvalue weighted by Crippen LogP contribution is -2.60. The molecule has 2 saturated carbocycles. The van der Waals surface area contributed by atoms with E-state index in [1.807, 2.05) is 0 Å². The van der Waals surface area contributed by atoms with Crippen molar-refractivity contribution in [2.75, 3.05) is 0 Å². The van der Waals surface area contributed by atoms with E-state index in [1.165, 1.54) is 0 Å². The van der Waals surface area contributed by atoms with Gasteiger partial charge in [0.1, 0.15) is 0 Å². The number of carboxylic acid groups (broad SMARTS) is 1. The summed E-state index contributed by atoms with van der Waals surface area (Å²) in [5.74, 6) is -1.25. The van der Waals surface area contributed by atoms with Gasteiger partial charge in [0, 0.05) is 12.8 Å². The monoisotopic (exact) mass is 237 g/mol. The third-order valence-corrected chi connectivity index (χ3v) is 4.64. The lowest BCUT2D eigenvalue weighted by atomic mass is 9.79. The first kappa shape index (κ1) is 10.7. The summed E-state index contributed by atoms with van der Waals surface area (Å²) in [6, 6.07) is 0. The number of hydrogen-bond acceptors (Lipinski definition) is 3. The zero-order valence-electron chi connectivity index (χ0n) is 9.52. The number of nitrogens with zero attached hydrogens (tertiary/aromatic N) is 1. The number of carboxylic acids is 1. The molecule has 0 aromatic heterocycles. The largest absolute Gasteiger partial charge is 0.479 e. The molecular weight excluding hydrogens is 222 g/mol. The van der Waals surface area contributed by atoms with Crippen molar-refractivity contribution in [1.82, 2.24) is 4.90 Å². The molecule has 3 aliphatic rings. The normalized spacial score (nSPS) is 40.4. The molecule has 1 saturated heterocycles. The molecule has 92 valence electrons. The van der Waals surface area contributed by atoms with Gasteiger partial charge in [0.05, 0.1) is 0 Å². The molecule has 0 spiro atoms. The predicted molar refractivity (Wildman–Crippen MR) is 56.9 cm³/mol. The minimum atomic E-state index is -1.21. The quantitative estimate of drug-likeness (QED) is 0.720. The molecule has 2 amide bonds. The third kappa shape index (κ3) is 1.22. The van der Waals surface area contributed by atoms with Crippen molar-refractivity contribution in [1.29, 1.82) is 0 Å². The van der Waals surface area contributed by atoms with Crippen molar-refractivity contribution >= 4 is 17.8 Å². The van der Waals surface area contributed by atoms with Crippen LogP contribution in [0.15, 0.2) is 0 Å². The molecule has 1 N–H and O–H groups in total. The summed E-state index contributed by atoms with van der Waals surface area (Å²) < 4.78 is 0. The Morgan fingerprint density at radius 2 is 1.88 bits per heavy atom. The molecule has 3 unspecified atom stereocenters. The Kier molecular flexibility index (Phi) is 2.09. The first-order valence-electron chi connectivity index (χ1n) is 6.15. The second-order valence-corrected chi connectivity index (χ2v) is 5.43. The van der Waals surface area contributed by atoms with E-state index in [-0.39, 0.29) is 30.6 Å². The molecule has 2 bridgehead atoms. The number of carbonyl (C=O) groups excluding carboxylic acids is 2. The van der Waals surface area contributed by atoms with Crippen LogP contribution in [0.5, 0.6) is 0 Å². The van der Waals surface area contributed by atoms with Crippen molar-refractivity contribution in [3.63, 3.8) is 0 Å². The van der Waals surface area contributed by atoms with Gasteiger partial charge in [0.25, 0.3) is 0 Å². The molecule has 1 heterocycles. The van der Waals surface area contributed by atoms with E-state index >= 15 is 0 Å². The minimum Gasteiger partial charge on any atom is -0.479 e. The molecule has 0 radical (unpaired) electrons. The van der Waals surface area contributed by atoms with E-state index in [1.54, 1.807) is 0 Å². The standard InChI is InChI=1S/C12H15NO4/c14-9-3-4-10(15)13(9)12(11(16)17)6-7-1-2-8(12)5-7/h7-8H,1-6H2,(H,16,17). The summed E-state index contributed by atoms with van der Waals surface area (Å²) in [5, 5.41) is 9.54. The number of carbonyl (C=O) groups is 3. The van der Waals surface area contributed by atoms with E-state index in [4.69, 9.17) is 0 Å². The van der Waals surface area contributed by atoms with E-state index in [0.717, 1.165) is 24.2 Å². The summed E-state index contributed by atoms with van der Waals surface area (Å²) in [7, 11) is 0. The molecule has 1 aliphatic heterocycles. The second-order valence-electron chi connectivity index (χ2n) is 5.43. The highest BCUT2D eigenvalue weighted by Crippen LogP contribution is 2.54. The van der Waals surface area contributed by atoms with E-state index < -0.39 is 11.5 Å². The summed E-state index contributed by atoms with van der Waals surface area (Å²) in [5.41, 5.74) is -1.21. The molecule has 5 nitrogen and oxygen atoms in total. The Morgan fingerprint density at radius 3 is 2.29 bits per heavy atom. The van der Waals surface area contributed by atoms with Crippen LogP contribution in [-0.2, 0) is 14.4 Å². The van der Waals surface area contributed by atoms with Crippen molar-refractivity contribution in [3.05, 3.63) is 0 Å². The SMILES string of the molecule is O=C1CCC(=O)N1C1(C(=O)O)CC2CCC1C2. The van der Waals surface area contributed by atoms with E-state index in [2.05, 4.69) is 0 Å². The highest BCUT2D eigenvalue weighted by molar-refractivity contribution is 6.06. The molecule has 3 atom stereocenters. The van der Waals surface area contributed by atoms with Crippen molar-refractivity contribution in [2.45, 2.75) is 44.1 Å². The number of likely N-dealkylation sites (tertiary alicyclic amines) is 1. The van der Waals surface area contributed by atoms with Crippen LogP contribution in [0.3, 0.4) is 0 Å². The summed E-state index contributed by atoms with van der Waals surface area (Å²) in [4.78, 5) is 36.3. The zero-order chi connectivity index (χ0) is 12.2. The van der Waals surface area contributed by atoms with E-state index in [0.29, 0.717) is 12.3 Å². The fourth-order valence-corrected chi connectivity index (χ4v) is 3.95. The zero-order valence-corrected chi connectivity index (χ0v) is 9.52. The van der Waals surface area contributed by atoms with Gasteiger partial charge in [-0.25, -0.2) is 4.79 Å². The molecule has 0 aromatic rings. The van der Waals surface area contributed by atoms with Gasteiger partial charge in [-0.1, -0.05) is 0 Å². The van der Waals surface area contributed by atoms with Crippen molar-refractivity contribution in [2.24, 2.45) is 11.8 Å². The molecule has 5 heteroatoms. The average molecular weight is 237 g/mol. The molecule has 17 heavy (non-hydrogen) atoms. The number of fused-ring (bicyclic) bond motifs is 2. The van der Waals surface area contributed by atoms with E-state index in [9.17, 15) is 19.5 Å². The Morgan fingerprint density at radius 1 is 1.24 bits per heavy atom. The maximum Gasteiger partial charge on any atom is 0.330 e. The van der Waals surface area contributed by atoms with Crippen molar-refractivity contribution in [3.8, 4) is 0 Å². The summed E-state index contributed by atoms with van der Waals surface area (Å²) in [6.07, 6.45) is 3.52. The van der Waals surface area contributed by atoms with Gasteiger partial charge in [-0.05, 0) is 37.5 Å². The second kappa shape index (κ2) is 3.31. The number of amides is 2. The highest BCUT2D eigenvalue weighted by Gasteiger charge is 2.63. The van der Waals surface area contributed by atoms with Crippen LogP contribution in [0.4, 0.5) is 0 Å². The van der Waals surface area contributed by atoms with Crippen LogP contribution >= 0.6 is 0 Å². The molecule has 3 fully saturated rings. The lowest BCUT2D eigenvalue weighted by Gasteiger charge is -2.40. The maximum atomic E-state index is 11.8. The van der Waals surface area contributed by atoms with Crippen LogP contribution in [-0.4, -0.2) is 33.3 Å². The number of rotatable bonds is 2. The van der Waals surface area contributed by atoms with Crippen LogP contribution < -0.4 is 0 Å². The van der Waals surface area contributed by atoms with Gasteiger partial charge >= 0.3 is 5.97 Å². The number of aliphatic carboxylic acids is 1. The fraction of sp³-hybridized carbons (Fsp3) is 0.750. The first-order chi connectivity index (χ1) is 8.05.